The highest BCUT2D eigenvalue weighted by molar-refractivity contribution is 6.33. The van der Waals surface area contributed by atoms with Gasteiger partial charge in [-0.05, 0) is 23.1 Å². The number of hydrogen-bond donors (Lipinski definition) is 2. The average Bonchev–Trinajstić information content (AvgIpc) is 3.03. The van der Waals surface area contributed by atoms with Crippen LogP contribution in [0.3, 0.4) is 0 Å². The zero-order chi connectivity index (χ0) is 18.7. The second-order valence-corrected chi connectivity index (χ2v) is 6.02. The Morgan fingerprint density at radius 1 is 1.42 bits per heavy atom. The number of anilines is 2. The van der Waals surface area contributed by atoms with Gasteiger partial charge in [0.05, 0.1) is 34.6 Å². The van der Waals surface area contributed by atoms with E-state index >= 15 is 0 Å². The molecule has 11 heteroatoms. The molecule has 1 aliphatic rings. The Bertz CT molecular complexity index is 868. The Morgan fingerprint density at radius 3 is 2.88 bits per heavy atom. The van der Waals surface area contributed by atoms with Crippen LogP contribution >= 0.6 is 11.6 Å². The van der Waals surface area contributed by atoms with Gasteiger partial charge in [-0.1, -0.05) is 11.6 Å². The predicted octanol–water partition coefficient (Wildman–Crippen LogP) is 1.02. The normalized spacial score (nSPS) is 14.0. The SMILES string of the molecule is O=C1CN(c2ccc(NC(=O)Cn3ccc([N+](=O)[O-])n3)cc2Cl)CCN1. The van der Waals surface area contributed by atoms with Crippen molar-refractivity contribution in [3.8, 4) is 0 Å². The topological polar surface area (TPSA) is 122 Å². The number of benzene rings is 1. The molecular weight excluding hydrogens is 364 g/mol. The van der Waals surface area contributed by atoms with Gasteiger partial charge >= 0.3 is 5.82 Å². The summed E-state index contributed by atoms with van der Waals surface area (Å²) in [5.74, 6) is -0.794. The average molecular weight is 379 g/mol. The zero-order valence-corrected chi connectivity index (χ0v) is 14.3. The van der Waals surface area contributed by atoms with E-state index in [0.29, 0.717) is 29.5 Å². The highest BCUT2D eigenvalue weighted by Gasteiger charge is 2.19. The molecule has 26 heavy (non-hydrogen) atoms. The lowest BCUT2D eigenvalue weighted by Crippen LogP contribution is -2.47. The van der Waals surface area contributed by atoms with Crippen molar-refractivity contribution >= 4 is 40.6 Å². The third kappa shape index (κ3) is 4.09. The van der Waals surface area contributed by atoms with Gasteiger partial charge in [0.1, 0.15) is 6.54 Å². The molecule has 3 rings (SSSR count). The Labute approximate surface area is 152 Å². The fraction of sp³-hybridized carbons (Fsp3) is 0.267. The summed E-state index contributed by atoms with van der Waals surface area (Å²) in [6.45, 7) is 1.25. The standard InChI is InChI=1S/C15H15ClN6O4/c16-11-7-10(1-2-12(11)20-6-4-17-14(23)8-20)18-15(24)9-21-5-3-13(19-21)22(25)26/h1-3,5,7H,4,6,8-9H2,(H,17,23)(H,18,24). The molecular formula is C15H15ClN6O4. The van der Waals surface area contributed by atoms with Crippen LogP contribution in [0, 0.1) is 10.1 Å². The summed E-state index contributed by atoms with van der Waals surface area (Å²) in [7, 11) is 0. The fourth-order valence-electron chi connectivity index (χ4n) is 2.57. The maximum atomic E-state index is 12.1. The lowest BCUT2D eigenvalue weighted by molar-refractivity contribution is -0.389. The number of piperazine rings is 1. The molecule has 0 saturated carbocycles. The maximum Gasteiger partial charge on any atom is 0.389 e. The van der Waals surface area contributed by atoms with E-state index < -0.39 is 10.8 Å². The van der Waals surface area contributed by atoms with Gasteiger partial charge in [0, 0.05) is 18.8 Å². The fourth-order valence-corrected chi connectivity index (χ4v) is 2.87. The van der Waals surface area contributed by atoms with E-state index in [1.807, 2.05) is 4.90 Å². The van der Waals surface area contributed by atoms with E-state index in [1.165, 1.54) is 16.9 Å². The monoisotopic (exact) mass is 378 g/mol. The van der Waals surface area contributed by atoms with Crippen LogP contribution in [0.4, 0.5) is 17.2 Å². The number of amides is 2. The lowest BCUT2D eigenvalue weighted by Gasteiger charge is -2.29. The van der Waals surface area contributed by atoms with Crippen molar-refractivity contribution in [2.45, 2.75) is 6.54 Å². The molecule has 2 N–H and O–H groups in total. The first kappa shape index (κ1) is 17.7. The second kappa shape index (κ2) is 7.40. The summed E-state index contributed by atoms with van der Waals surface area (Å²) < 4.78 is 1.18. The van der Waals surface area contributed by atoms with Gasteiger partial charge in [0.2, 0.25) is 11.8 Å². The minimum absolute atomic E-state index is 0.0713. The third-order valence-corrected chi connectivity index (χ3v) is 4.03. The van der Waals surface area contributed by atoms with Crippen LogP contribution in [0.2, 0.25) is 5.02 Å². The van der Waals surface area contributed by atoms with Crippen molar-refractivity contribution in [1.82, 2.24) is 15.1 Å². The Kier molecular flexibility index (Phi) is 5.03. The van der Waals surface area contributed by atoms with E-state index in [-0.39, 0.29) is 24.8 Å². The van der Waals surface area contributed by atoms with Crippen LogP contribution in [0.15, 0.2) is 30.5 Å². The van der Waals surface area contributed by atoms with Gasteiger partial charge in [0.25, 0.3) is 0 Å². The number of nitro groups is 1. The molecule has 136 valence electrons. The van der Waals surface area contributed by atoms with Crippen LogP contribution in [0.25, 0.3) is 0 Å². The van der Waals surface area contributed by atoms with Crippen molar-refractivity contribution in [1.29, 1.82) is 0 Å². The molecule has 2 amide bonds. The summed E-state index contributed by atoms with van der Waals surface area (Å²) in [6, 6.07) is 6.22. The molecule has 0 unspecified atom stereocenters. The molecule has 0 aliphatic carbocycles. The molecule has 1 aliphatic heterocycles. The van der Waals surface area contributed by atoms with Gasteiger partial charge in [-0.2, -0.15) is 4.68 Å². The highest BCUT2D eigenvalue weighted by atomic mass is 35.5. The number of nitrogens with zero attached hydrogens (tertiary/aromatic N) is 4. The van der Waals surface area contributed by atoms with E-state index in [0.717, 1.165) is 0 Å². The molecule has 0 spiro atoms. The van der Waals surface area contributed by atoms with E-state index in [4.69, 9.17) is 11.6 Å². The number of halogens is 1. The van der Waals surface area contributed by atoms with Crippen LogP contribution in [-0.2, 0) is 16.1 Å². The van der Waals surface area contributed by atoms with Gasteiger partial charge in [-0.15, -0.1) is 0 Å². The summed E-state index contributed by atoms with van der Waals surface area (Å²) in [6.07, 6.45) is 1.36. The molecule has 2 heterocycles. The van der Waals surface area contributed by atoms with E-state index in [2.05, 4.69) is 15.7 Å². The molecule has 2 aromatic rings. The van der Waals surface area contributed by atoms with Crippen LogP contribution in [0.5, 0.6) is 0 Å². The Hall–Kier alpha value is -3.14. The second-order valence-electron chi connectivity index (χ2n) is 5.61. The minimum Gasteiger partial charge on any atom is -0.359 e. The first-order valence-electron chi connectivity index (χ1n) is 7.71. The summed E-state index contributed by atoms with van der Waals surface area (Å²) in [4.78, 5) is 35.4. The first-order chi connectivity index (χ1) is 12.4. The van der Waals surface area contributed by atoms with Crippen molar-refractivity contribution in [2.75, 3.05) is 29.9 Å². The van der Waals surface area contributed by atoms with Crippen molar-refractivity contribution in [3.63, 3.8) is 0 Å². The van der Waals surface area contributed by atoms with Crippen molar-refractivity contribution in [3.05, 3.63) is 45.6 Å². The summed E-state index contributed by atoms with van der Waals surface area (Å²) in [5.41, 5.74) is 1.19. The van der Waals surface area contributed by atoms with Crippen LogP contribution in [0.1, 0.15) is 0 Å². The van der Waals surface area contributed by atoms with Gasteiger partial charge in [-0.3, -0.25) is 9.59 Å². The molecule has 0 atom stereocenters. The Morgan fingerprint density at radius 2 is 2.23 bits per heavy atom. The number of rotatable bonds is 5. The quantitative estimate of drug-likeness (QED) is 0.591. The summed E-state index contributed by atoms with van der Waals surface area (Å²) >= 11 is 6.28. The Balaban J connectivity index is 1.64. The van der Waals surface area contributed by atoms with Crippen LogP contribution < -0.4 is 15.5 Å². The molecule has 1 aromatic heterocycles. The largest absolute Gasteiger partial charge is 0.389 e. The number of hydrogen-bond acceptors (Lipinski definition) is 6. The highest BCUT2D eigenvalue weighted by Crippen LogP contribution is 2.29. The predicted molar refractivity (Wildman–Crippen MR) is 94.2 cm³/mol. The molecule has 10 nitrogen and oxygen atoms in total. The van der Waals surface area contributed by atoms with E-state index in [1.54, 1.807) is 18.2 Å². The molecule has 1 saturated heterocycles. The number of carbonyl (C=O) groups excluding carboxylic acids is 2. The van der Waals surface area contributed by atoms with Crippen molar-refractivity contribution in [2.24, 2.45) is 0 Å². The third-order valence-electron chi connectivity index (χ3n) is 3.73. The maximum absolute atomic E-state index is 12.1. The lowest BCUT2D eigenvalue weighted by atomic mass is 10.2. The van der Waals surface area contributed by atoms with Gasteiger partial charge < -0.3 is 25.6 Å². The van der Waals surface area contributed by atoms with Crippen molar-refractivity contribution < 1.29 is 14.5 Å². The molecule has 0 bridgehead atoms. The number of aromatic nitrogens is 2. The molecule has 1 fully saturated rings. The van der Waals surface area contributed by atoms with E-state index in [9.17, 15) is 19.7 Å². The number of nitrogens with one attached hydrogen (secondary N) is 2. The smallest absolute Gasteiger partial charge is 0.359 e. The zero-order valence-electron chi connectivity index (χ0n) is 13.5. The minimum atomic E-state index is -0.631. The van der Waals surface area contributed by atoms with Crippen LogP contribution in [-0.4, -0.2) is 46.2 Å². The molecule has 1 aromatic carbocycles. The van der Waals surface area contributed by atoms with Gasteiger partial charge in [0.15, 0.2) is 0 Å². The summed E-state index contributed by atoms with van der Waals surface area (Å²) in [5, 5.41) is 20.1. The number of carbonyl (C=O) groups is 2. The first-order valence-corrected chi connectivity index (χ1v) is 8.09. The molecule has 0 radical (unpaired) electrons. The van der Waals surface area contributed by atoms with Gasteiger partial charge in [-0.25, -0.2) is 0 Å².